The van der Waals surface area contributed by atoms with Crippen molar-refractivity contribution in [3.05, 3.63) is 29.8 Å². The quantitative estimate of drug-likeness (QED) is 0.696. The van der Waals surface area contributed by atoms with E-state index in [4.69, 9.17) is 4.74 Å². The number of carbonyl (C=O) groups excluding carboxylic acids is 2. The topological polar surface area (TPSA) is 92.8 Å². The average Bonchev–Trinajstić information content (AvgIpc) is 2.93. The van der Waals surface area contributed by atoms with Crippen LogP contribution in [0.4, 0.5) is 0 Å². The van der Waals surface area contributed by atoms with Gasteiger partial charge in [0.1, 0.15) is 6.04 Å². The van der Waals surface area contributed by atoms with E-state index in [9.17, 15) is 18.0 Å². The highest BCUT2D eigenvalue weighted by atomic mass is 32.2. The molecule has 1 aromatic carbocycles. The smallest absolute Gasteiger partial charge is 0.324 e. The predicted octanol–water partition coefficient (Wildman–Crippen LogP) is 2.24. The Morgan fingerprint density at radius 1 is 1.07 bits per heavy atom. The van der Waals surface area contributed by atoms with Crippen molar-refractivity contribution in [3.63, 3.8) is 0 Å². The minimum atomic E-state index is -3.88. The third-order valence-corrected chi connectivity index (χ3v) is 6.29. The molecule has 0 radical (unpaired) electrons. The van der Waals surface area contributed by atoms with E-state index in [2.05, 4.69) is 4.72 Å². The molecule has 1 saturated heterocycles. The fraction of sp³-hybridized carbons (Fsp3) is 0.600. The molecule has 1 aliphatic rings. The first-order valence-electron chi connectivity index (χ1n) is 9.74. The third-order valence-electron chi connectivity index (χ3n) is 4.83. The van der Waals surface area contributed by atoms with E-state index in [1.54, 1.807) is 30.9 Å². The van der Waals surface area contributed by atoms with Crippen molar-refractivity contribution in [2.45, 2.75) is 57.4 Å². The first-order chi connectivity index (χ1) is 13.2. The van der Waals surface area contributed by atoms with Crippen molar-refractivity contribution in [1.82, 2.24) is 9.62 Å². The molecule has 1 heterocycles. The van der Waals surface area contributed by atoms with E-state index in [0.29, 0.717) is 13.1 Å². The van der Waals surface area contributed by atoms with E-state index >= 15 is 0 Å². The summed E-state index contributed by atoms with van der Waals surface area (Å²) in [4.78, 5) is 26.6. The van der Waals surface area contributed by atoms with Crippen LogP contribution in [0.5, 0.6) is 0 Å². The van der Waals surface area contributed by atoms with E-state index in [1.165, 1.54) is 12.1 Å². The molecule has 0 aliphatic carbocycles. The molecule has 1 fully saturated rings. The second kappa shape index (κ2) is 10.0. The maximum absolute atomic E-state index is 12.6. The minimum Gasteiger partial charge on any atom is -0.454 e. The number of aryl methyl sites for hydroxylation is 1. The summed E-state index contributed by atoms with van der Waals surface area (Å²) in [5, 5.41) is 0. The molecule has 0 unspecified atom stereocenters. The molecular weight excluding hydrogens is 380 g/mol. The molecule has 0 spiro atoms. The standard InChI is InChI=1S/C20H30N2O5S/c1-15(2)19(21-28(25,26)17-10-8-16(3)9-11-17)20(24)27-14-18(23)22-12-6-4-5-7-13-22/h8-11,15,19,21H,4-7,12-14H2,1-3H3/t19-/m0/s1. The zero-order chi connectivity index (χ0) is 20.7. The number of carbonyl (C=O) groups is 2. The lowest BCUT2D eigenvalue weighted by atomic mass is 10.1. The summed E-state index contributed by atoms with van der Waals surface area (Å²) in [7, 11) is -3.88. The second-order valence-corrected chi connectivity index (χ2v) is 9.27. The van der Waals surface area contributed by atoms with Crippen LogP contribution in [0.1, 0.15) is 45.1 Å². The lowest BCUT2D eigenvalue weighted by molar-refractivity contribution is -0.154. The number of hydrogen-bond acceptors (Lipinski definition) is 5. The van der Waals surface area contributed by atoms with Crippen molar-refractivity contribution >= 4 is 21.9 Å². The van der Waals surface area contributed by atoms with Gasteiger partial charge in [-0.25, -0.2) is 8.42 Å². The molecule has 156 valence electrons. The number of esters is 1. The van der Waals surface area contributed by atoms with E-state index in [1.807, 2.05) is 6.92 Å². The van der Waals surface area contributed by atoms with Gasteiger partial charge in [0, 0.05) is 13.1 Å². The molecule has 2 rings (SSSR count). The first-order valence-corrected chi connectivity index (χ1v) is 11.2. The summed E-state index contributed by atoms with van der Waals surface area (Å²) in [6.45, 7) is 6.28. The predicted molar refractivity (Wildman–Crippen MR) is 106 cm³/mol. The van der Waals surface area contributed by atoms with Gasteiger partial charge in [-0.3, -0.25) is 9.59 Å². The van der Waals surface area contributed by atoms with Crippen LogP contribution in [-0.4, -0.2) is 50.9 Å². The van der Waals surface area contributed by atoms with Crippen LogP contribution in [0, 0.1) is 12.8 Å². The maximum Gasteiger partial charge on any atom is 0.324 e. The zero-order valence-corrected chi connectivity index (χ0v) is 17.6. The van der Waals surface area contributed by atoms with Gasteiger partial charge in [-0.05, 0) is 37.8 Å². The molecule has 28 heavy (non-hydrogen) atoms. The van der Waals surface area contributed by atoms with Crippen LogP contribution in [-0.2, 0) is 24.3 Å². The Morgan fingerprint density at radius 3 is 2.18 bits per heavy atom. The summed E-state index contributed by atoms with van der Waals surface area (Å²) in [6, 6.07) is 5.30. The number of benzene rings is 1. The molecule has 7 nitrogen and oxygen atoms in total. The average molecular weight is 411 g/mol. The van der Waals surface area contributed by atoms with Crippen LogP contribution in [0.15, 0.2) is 29.2 Å². The normalized spacial score (nSPS) is 16.5. The highest BCUT2D eigenvalue weighted by molar-refractivity contribution is 7.89. The number of sulfonamides is 1. The van der Waals surface area contributed by atoms with Crippen LogP contribution >= 0.6 is 0 Å². The first kappa shape index (κ1) is 22.4. The van der Waals surface area contributed by atoms with Crippen LogP contribution in [0.2, 0.25) is 0 Å². The van der Waals surface area contributed by atoms with Gasteiger partial charge in [-0.1, -0.05) is 44.4 Å². The largest absolute Gasteiger partial charge is 0.454 e. The van der Waals surface area contributed by atoms with Gasteiger partial charge in [0.2, 0.25) is 10.0 Å². The van der Waals surface area contributed by atoms with Gasteiger partial charge in [-0.2, -0.15) is 4.72 Å². The number of rotatable bonds is 7. The molecule has 0 aromatic heterocycles. The Kier molecular flexibility index (Phi) is 8.00. The maximum atomic E-state index is 12.6. The Bertz CT molecular complexity index is 766. The highest BCUT2D eigenvalue weighted by Crippen LogP contribution is 2.14. The van der Waals surface area contributed by atoms with E-state index < -0.39 is 22.0 Å². The van der Waals surface area contributed by atoms with Gasteiger partial charge in [0.15, 0.2) is 6.61 Å². The highest BCUT2D eigenvalue weighted by Gasteiger charge is 2.30. The number of nitrogens with one attached hydrogen (secondary N) is 1. The van der Waals surface area contributed by atoms with Gasteiger partial charge >= 0.3 is 5.97 Å². The van der Waals surface area contributed by atoms with Crippen LogP contribution < -0.4 is 4.72 Å². The number of likely N-dealkylation sites (tertiary alicyclic amines) is 1. The minimum absolute atomic E-state index is 0.0807. The summed E-state index contributed by atoms with van der Waals surface area (Å²) in [5.74, 6) is -1.31. The van der Waals surface area contributed by atoms with Crippen molar-refractivity contribution in [1.29, 1.82) is 0 Å². The summed E-state index contributed by atoms with van der Waals surface area (Å²) in [6.07, 6.45) is 4.09. The molecular formula is C20H30N2O5S. The fourth-order valence-electron chi connectivity index (χ4n) is 3.04. The number of nitrogens with zero attached hydrogens (tertiary/aromatic N) is 1. The molecule has 0 saturated carbocycles. The van der Waals surface area contributed by atoms with Crippen molar-refractivity contribution in [2.75, 3.05) is 19.7 Å². The summed E-state index contributed by atoms with van der Waals surface area (Å²) in [5.41, 5.74) is 0.936. The molecule has 1 aromatic rings. The summed E-state index contributed by atoms with van der Waals surface area (Å²) >= 11 is 0. The molecule has 8 heteroatoms. The Hall–Kier alpha value is -1.93. The lowest BCUT2D eigenvalue weighted by Crippen LogP contribution is -2.46. The Balaban J connectivity index is 1.99. The molecule has 0 bridgehead atoms. The van der Waals surface area contributed by atoms with Gasteiger partial charge in [0.05, 0.1) is 4.90 Å². The van der Waals surface area contributed by atoms with E-state index in [0.717, 1.165) is 31.2 Å². The Morgan fingerprint density at radius 2 is 1.64 bits per heavy atom. The van der Waals surface area contributed by atoms with Gasteiger partial charge < -0.3 is 9.64 Å². The van der Waals surface area contributed by atoms with Crippen molar-refractivity contribution in [3.8, 4) is 0 Å². The molecule has 1 amide bonds. The third kappa shape index (κ3) is 6.31. The van der Waals surface area contributed by atoms with Crippen molar-refractivity contribution in [2.24, 2.45) is 5.92 Å². The second-order valence-electron chi connectivity index (χ2n) is 7.56. The lowest BCUT2D eigenvalue weighted by Gasteiger charge is -2.23. The van der Waals surface area contributed by atoms with Crippen LogP contribution in [0.25, 0.3) is 0 Å². The van der Waals surface area contributed by atoms with Crippen LogP contribution in [0.3, 0.4) is 0 Å². The Labute approximate surface area is 167 Å². The number of hydrogen-bond donors (Lipinski definition) is 1. The van der Waals surface area contributed by atoms with Gasteiger partial charge in [0.25, 0.3) is 5.91 Å². The summed E-state index contributed by atoms with van der Waals surface area (Å²) < 4.78 is 32.8. The van der Waals surface area contributed by atoms with Gasteiger partial charge in [-0.15, -0.1) is 0 Å². The van der Waals surface area contributed by atoms with E-state index in [-0.39, 0.29) is 23.3 Å². The molecule has 1 N–H and O–H groups in total. The fourth-order valence-corrected chi connectivity index (χ4v) is 4.38. The van der Waals surface area contributed by atoms with Crippen molar-refractivity contribution < 1.29 is 22.7 Å². The molecule has 1 atom stereocenters. The number of amides is 1. The number of ether oxygens (including phenoxy) is 1. The monoisotopic (exact) mass is 410 g/mol. The SMILES string of the molecule is Cc1ccc(S(=O)(=O)N[C@H](C(=O)OCC(=O)N2CCCCCC2)C(C)C)cc1. The zero-order valence-electron chi connectivity index (χ0n) is 16.8. The molecule has 1 aliphatic heterocycles.